The molecule has 20 heavy (non-hydrogen) atoms. The number of aliphatic hydroxyl groups excluding tert-OH is 1. The van der Waals surface area contributed by atoms with Crippen molar-refractivity contribution >= 4 is 16.9 Å². The fourth-order valence-electron chi connectivity index (χ4n) is 2.41. The quantitative estimate of drug-likeness (QED) is 0.833. The third-order valence-corrected chi connectivity index (χ3v) is 3.41. The van der Waals surface area contributed by atoms with Crippen LogP contribution >= 0.6 is 0 Å². The number of halogens is 1. The van der Waals surface area contributed by atoms with Crippen LogP contribution in [-0.2, 0) is 22.5 Å². The lowest BCUT2D eigenvalue weighted by atomic mass is 10.1. The third kappa shape index (κ3) is 2.22. The van der Waals surface area contributed by atoms with Gasteiger partial charge >= 0.3 is 5.97 Å². The van der Waals surface area contributed by atoms with Crippen LogP contribution in [0.1, 0.15) is 11.3 Å². The number of phenolic OH excluding ortho intramolecular Hbond substituents is 1. The highest BCUT2D eigenvalue weighted by Crippen LogP contribution is 2.33. The lowest BCUT2D eigenvalue weighted by Gasteiger charge is -2.06. The number of benzene rings is 1. The molecule has 0 saturated carbocycles. The molecule has 108 valence electrons. The number of ether oxygens (including phenoxy) is 1. The minimum Gasteiger partial charge on any atom is -0.505 e. The van der Waals surface area contributed by atoms with Crippen molar-refractivity contribution in [1.82, 2.24) is 4.57 Å². The second-order valence-corrected chi connectivity index (χ2v) is 4.48. The van der Waals surface area contributed by atoms with Crippen molar-refractivity contribution in [2.75, 3.05) is 13.7 Å². The first-order valence-electron chi connectivity index (χ1n) is 6.18. The molecule has 0 amide bonds. The Balaban J connectivity index is 2.73. The number of aliphatic hydroxyl groups is 1. The van der Waals surface area contributed by atoms with Gasteiger partial charge in [0.05, 0.1) is 25.7 Å². The molecular weight excluding hydrogens is 265 g/mol. The molecule has 0 unspecified atom stereocenters. The SMILES string of the molecule is COC(=O)Cc1c(C)n(CCO)c2ccc(O)c(F)c12. The van der Waals surface area contributed by atoms with Gasteiger partial charge in [0.2, 0.25) is 0 Å². The molecule has 1 aromatic carbocycles. The average Bonchev–Trinajstić information content (AvgIpc) is 2.69. The van der Waals surface area contributed by atoms with Crippen LogP contribution in [0.5, 0.6) is 5.75 Å². The maximum absolute atomic E-state index is 14.2. The Hall–Kier alpha value is -2.08. The summed E-state index contributed by atoms with van der Waals surface area (Å²) in [7, 11) is 1.26. The topological polar surface area (TPSA) is 71.7 Å². The van der Waals surface area contributed by atoms with E-state index in [0.717, 1.165) is 0 Å². The number of aromatic nitrogens is 1. The minimum absolute atomic E-state index is 0.0857. The van der Waals surface area contributed by atoms with E-state index in [9.17, 15) is 14.3 Å². The van der Waals surface area contributed by atoms with Gasteiger partial charge in [-0.15, -0.1) is 0 Å². The van der Waals surface area contributed by atoms with Gasteiger partial charge in [0, 0.05) is 17.6 Å². The van der Waals surface area contributed by atoms with Gasteiger partial charge in [0.1, 0.15) is 0 Å². The van der Waals surface area contributed by atoms with Crippen molar-refractivity contribution in [3.05, 3.63) is 29.2 Å². The molecule has 1 heterocycles. The number of phenols is 1. The van der Waals surface area contributed by atoms with Crippen molar-refractivity contribution < 1.29 is 24.1 Å². The van der Waals surface area contributed by atoms with Crippen LogP contribution in [0, 0.1) is 12.7 Å². The number of carbonyl (C=O) groups excluding carboxylic acids is 1. The Bertz CT molecular complexity index is 663. The number of hydrogen-bond donors (Lipinski definition) is 2. The zero-order chi connectivity index (χ0) is 14.9. The van der Waals surface area contributed by atoms with Crippen molar-refractivity contribution in [3.8, 4) is 5.75 Å². The first kappa shape index (κ1) is 14.3. The molecule has 0 saturated heterocycles. The van der Waals surface area contributed by atoms with Crippen molar-refractivity contribution in [1.29, 1.82) is 0 Å². The zero-order valence-electron chi connectivity index (χ0n) is 11.3. The number of nitrogens with zero attached hydrogens (tertiary/aromatic N) is 1. The monoisotopic (exact) mass is 281 g/mol. The summed E-state index contributed by atoms with van der Waals surface area (Å²) in [6, 6.07) is 2.82. The van der Waals surface area contributed by atoms with E-state index >= 15 is 0 Å². The number of carbonyl (C=O) groups is 1. The molecule has 1 aromatic heterocycles. The highest BCUT2D eigenvalue weighted by molar-refractivity contribution is 5.91. The second kappa shape index (κ2) is 5.50. The number of methoxy groups -OCH3 is 1. The molecule has 0 aliphatic heterocycles. The smallest absolute Gasteiger partial charge is 0.310 e. The molecule has 0 aliphatic carbocycles. The predicted molar refractivity (Wildman–Crippen MR) is 71.1 cm³/mol. The molecule has 2 aromatic rings. The summed E-state index contributed by atoms with van der Waals surface area (Å²) >= 11 is 0. The molecule has 5 nitrogen and oxygen atoms in total. The number of aromatic hydroxyl groups is 1. The van der Waals surface area contributed by atoms with E-state index in [1.165, 1.54) is 13.2 Å². The van der Waals surface area contributed by atoms with Crippen LogP contribution in [0.4, 0.5) is 4.39 Å². The fourth-order valence-corrected chi connectivity index (χ4v) is 2.41. The van der Waals surface area contributed by atoms with Gasteiger partial charge in [-0.2, -0.15) is 0 Å². The summed E-state index contributed by atoms with van der Waals surface area (Å²) in [5, 5.41) is 18.8. The van der Waals surface area contributed by atoms with Gasteiger partial charge in [0.25, 0.3) is 0 Å². The molecule has 6 heteroatoms. The summed E-state index contributed by atoms with van der Waals surface area (Å²) in [5.41, 5.74) is 1.67. The van der Waals surface area contributed by atoms with E-state index in [1.54, 1.807) is 17.6 Å². The Labute approximate surface area is 115 Å². The molecule has 0 aliphatic rings. The molecule has 0 spiro atoms. The summed E-state index contributed by atoms with van der Waals surface area (Å²) in [6.07, 6.45) is -0.0857. The lowest BCUT2D eigenvalue weighted by molar-refractivity contribution is -0.139. The first-order valence-corrected chi connectivity index (χ1v) is 6.18. The van der Waals surface area contributed by atoms with Gasteiger partial charge in [0.15, 0.2) is 11.6 Å². The standard InChI is InChI=1S/C14H16FNO4/c1-8-9(7-12(19)20-2)13-10(16(8)5-6-17)3-4-11(18)14(13)15/h3-4,17-18H,5-7H2,1-2H3. The van der Waals surface area contributed by atoms with Crippen LogP contribution in [0.3, 0.4) is 0 Å². The van der Waals surface area contributed by atoms with E-state index in [1.807, 2.05) is 0 Å². The maximum Gasteiger partial charge on any atom is 0.310 e. The van der Waals surface area contributed by atoms with E-state index in [4.69, 9.17) is 5.11 Å². The number of esters is 1. The summed E-state index contributed by atoms with van der Waals surface area (Å²) in [5.74, 6) is -1.72. The normalized spacial score (nSPS) is 11.0. The van der Waals surface area contributed by atoms with E-state index in [-0.39, 0.29) is 25.0 Å². The Morgan fingerprint density at radius 3 is 2.75 bits per heavy atom. The molecule has 0 radical (unpaired) electrons. The van der Waals surface area contributed by atoms with Crippen molar-refractivity contribution in [2.45, 2.75) is 19.9 Å². The van der Waals surface area contributed by atoms with E-state index in [0.29, 0.717) is 16.8 Å². The molecule has 0 fully saturated rings. The van der Waals surface area contributed by atoms with Crippen LogP contribution < -0.4 is 0 Å². The summed E-state index contributed by atoms with van der Waals surface area (Å²) in [4.78, 5) is 11.5. The maximum atomic E-state index is 14.2. The van der Waals surface area contributed by atoms with Gasteiger partial charge in [-0.25, -0.2) is 4.39 Å². The fraction of sp³-hybridized carbons (Fsp3) is 0.357. The lowest BCUT2D eigenvalue weighted by Crippen LogP contribution is -2.07. The number of fused-ring (bicyclic) bond motifs is 1. The Morgan fingerprint density at radius 1 is 1.45 bits per heavy atom. The average molecular weight is 281 g/mol. The molecule has 2 N–H and O–H groups in total. The van der Waals surface area contributed by atoms with Crippen molar-refractivity contribution in [3.63, 3.8) is 0 Å². The van der Waals surface area contributed by atoms with Gasteiger partial charge in [-0.05, 0) is 24.6 Å². The highest BCUT2D eigenvalue weighted by atomic mass is 19.1. The molecule has 0 atom stereocenters. The van der Waals surface area contributed by atoms with Gasteiger partial charge in [-0.3, -0.25) is 4.79 Å². The van der Waals surface area contributed by atoms with Crippen LogP contribution in [0.25, 0.3) is 10.9 Å². The number of hydrogen-bond acceptors (Lipinski definition) is 4. The predicted octanol–water partition coefficient (Wildman–Crippen LogP) is 1.50. The number of rotatable bonds is 4. The largest absolute Gasteiger partial charge is 0.505 e. The van der Waals surface area contributed by atoms with E-state index < -0.39 is 17.5 Å². The summed E-state index contributed by atoms with van der Waals surface area (Å²) < 4.78 is 20.5. The molecule has 0 bridgehead atoms. The van der Waals surface area contributed by atoms with Crippen LogP contribution in [0.15, 0.2) is 12.1 Å². The highest BCUT2D eigenvalue weighted by Gasteiger charge is 2.21. The van der Waals surface area contributed by atoms with Gasteiger partial charge in [-0.1, -0.05) is 0 Å². The minimum atomic E-state index is -0.763. The molecular formula is C14H16FNO4. The van der Waals surface area contributed by atoms with Gasteiger partial charge < -0.3 is 19.5 Å². The Kier molecular flexibility index (Phi) is 3.94. The zero-order valence-corrected chi connectivity index (χ0v) is 11.3. The second-order valence-electron chi connectivity index (χ2n) is 4.48. The first-order chi connectivity index (χ1) is 9.51. The summed E-state index contributed by atoms with van der Waals surface area (Å²) in [6.45, 7) is 1.92. The van der Waals surface area contributed by atoms with E-state index in [2.05, 4.69) is 4.74 Å². The molecule has 2 rings (SSSR count). The van der Waals surface area contributed by atoms with Crippen LogP contribution in [-0.4, -0.2) is 34.5 Å². The van der Waals surface area contributed by atoms with Crippen LogP contribution in [0.2, 0.25) is 0 Å². The third-order valence-electron chi connectivity index (χ3n) is 3.41. The van der Waals surface area contributed by atoms with Crippen molar-refractivity contribution in [2.24, 2.45) is 0 Å². The Morgan fingerprint density at radius 2 is 2.15 bits per heavy atom.